The molecule has 0 saturated carbocycles. The third kappa shape index (κ3) is 2.98. The SMILES string of the molecule is COc1ccc(C=Cc2cc(=O)n(-c3ccccn3)[nH]2)cc1. The first-order chi connectivity index (χ1) is 10.8. The van der Waals surface area contributed by atoms with Crippen LogP contribution in [0.1, 0.15) is 11.3 Å². The highest BCUT2D eigenvalue weighted by Gasteiger charge is 2.03. The lowest BCUT2D eigenvalue weighted by molar-refractivity contribution is 0.415. The zero-order valence-electron chi connectivity index (χ0n) is 12.1. The fraction of sp³-hybridized carbons (Fsp3) is 0.0588. The zero-order valence-corrected chi connectivity index (χ0v) is 12.1. The summed E-state index contributed by atoms with van der Waals surface area (Å²) >= 11 is 0. The average Bonchev–Trinajstić information content (AvgIpc) is 2.95. The number of methoxy groups -OCH3 is 1. The molecule has 3 rings (SSSR count). The Balaban J connectivity index is 1.84. The summed E-state index contributed by atoms with van der Waals surface area (Å²) in [6, 6.07) is 14.6. The number of aromatic amines is 1. The molecule has 0 aliphatic rings. The number of nitrogens with one attached hydrogen (secondary N) is 1. The molecule has 3 aromatic rings. The lowest BCUT2D eigenvalue weighted by Crippen LogP contribution is -2.14. The van der Waals surface area contributed by atoms with Crippen LogP contribution in [0.5, 0.6) is 5.75 Å². The number of nitrogens with zero attached hydrogens (tertiary/aromatic N) is 2. The highest BCUT2D eigenvalue weighted by Crippen LogP contribution is 2.13. The molecule has 0 fully saturated rings. The summed E-state index contributed by atoms with van der Waals surface area (Å²) in [4.78, 5) is 16.1. The largest absolute Gasteiger partial charge is 0.497 e. The minimum absolute atomic E-state index is 0.145. The molecule has 0 amide bonds. The van der Waals surface area contributed by atoms with Gasteiger partial charge in [-0.05, 0) is 35.9 Å². The van der Waals surface area contributed by atoms with E-state index in [1.165, 1.54) is 10.7 Å². The van der Waals surface area contributed by atoms with Crippen molar-refractivity contribution in [1.29, 1.82) is 0 Å². The maximum absolute atomic E-state index is 12.0. The first-order valence-electron chi connectivity index (χ1n) is 6.82. The molecular weight excluding hydrogens is 278 g/mol. The van der Waals surface area contributed by atoms with Gasteiger partial charge in [-0.1, -0.05) is 24.3 Å². The van der Waals surface area contributed by atoms with Crippen LogP contribution in [0.25, 0.3) is 18.0 Å². The van der Waals surface area contributed by atoms with Crippen molar-refractivity contribution in [2.45, 2.75) is 0 Å². The fourth-order valence-electron chi connectivity index (χ4n) is 2.06. The van der Waals surface area contributed by atoms with Gasteiger partial charge in [0, 0.05) is 12.3 Å². The number of pyridine rings is 1. The van der Waals surface area contributed by atoms with Crippen LogP contribution in [0.3, 0.4) is 0 Å². The van der Waals surface area contributed by atoms with Gasteiger partial charge in [0.1, 0.15) is 5.75 Å². The van der Waals surface area contributed by atoms with Crippen molar-refractivity contribution in [2.24, 2.45) is 0 Å². The number of hydrogen-bond acceptors (Lipinski definition) is 3. The van der Waals surface area contributed by atoms with E-state index in [2.05, 4.69) is 10.1 Å². The zero-order chi connectivity index (χ0) is 15.4. The number of ether oxygens (including phenoxy) is 1. The predicted molar refractivity (Wildman–Crippen MR) is 86.1 cm³/mol. The summed E-state index contributed by atoms with van der Waals surface area (Å²) in [5.74, 6) is 1.38. The maximum atomic E-state index is 12.0. The molecule has 2 heterocycles. The molecule has 0 atom stereocenters. The van der Waals surface area contributed by atoms with E-state index in [-0.39, 0.29) is 5.56 Å². The molecule has 110 valence electrons. The Labute approximate surface area is 127 Å². The van der Waals surface area contributed by atoms with Crippen LogP contribution in [-0.4, -0.2) is 21.9 Å². The van der Waals surface area contributed by atoms with Crippen molar-refractivity contribution >= 4 is 12.2 Å². The predicted octanol–water partition coefficient (Wildman–Crippen LogP) is 2.74. The summed E-state index contributed by atoms with van der Waals surface area (Å²) in [6.07, 6.45) is 5.42. The lowest BCUT2D eigenvalue weighted by Gasteiger charge is -1.99. The molecule has 5 heteroatoms. The van der Waals surface area contributed by atoms with Crippen LogP contribution in [0, 0.1) is 0 Å². The van der Waals surface area contributed by atoms with Crippen molar-refractivity contribution < 1.29 is 4.74 Å². The van der Waals surface area contributed by atoms with Crippen LogP contribution >= 0.6 is 0 Å². The van der Waals surface area contributed by atoms with Gasteiger partial charge in [0.15, 0.2) is 5.82 Å². The molecule has 0 aliphatic heterocycles. The van der Waals surface area contributed by atoms with Gasteiger partial charge in [-0.3, -0.25) is 9.89 Å². The van der Waals surface area contributed by atoms with Gasteiger partial charge in [-0.15, -0.1) is 0 Å². The molecule has 1 N–H and O–H groups in total. The van der Waals surface area contributed by atoms with E-state index in [9.17, 15) is 4.79 Å². The third-order valence-corrected chi connectivity index (χ3v) is 3.19. The Bertz CT molecular complexity index is 830. The standard InChI is InChI=1S/C17H15N3O2/c1-22-15-9-6-13(7-10-15)5-8-14-12-17(21)20(19-14)16-4-2-3-11-18-16/h2-12,19H,1H3. The van der Waals surface area contributed by atoms with Gasteiger partial charge in [0.25, 0.3) is 5.56 Å². The lowest BCUT2D eigenvalue weighted by atomic mass is 10.2. The minimum Gasteiger partial charge on any atom is -0.497 e. The smallest absolute Gasteiger partial charge is 0.273 e. The number of hydrogen-bond donors (Lipinski definition) is 1. The Morgan fingerprint density at radius 3 is 2.64 bits per heavy atom. The number of rotatable bonds is 4. The Kier molecular flexibility index (Phi) is 3.87. The summed E-state index contributed by atoms with van der Waals surface area (Å²) in [5.41, 5.74) is 1.59. The molecule has 0 bridgehead atoms. The van der Waals surface area contributed by atoms with Crippen molar-refractivity contribution in [1.82, 2.24) is 14.8 Å². The molecule has 2 aromatic heterocycles. The number of aromatic nitrogens is 3. The molecule has 1 aromatic carbocycles. The van der Waals surface area contributed by atoms with Gasteiger partial charge < -0.3 is 4.74 Å². The van der Waals surface area contributed by atoms with Crippen LogP contribution < -0.4 is 10.3 Å². The normalized spacial score (nSPS) is 11.0. The minimum atomic E-state index is -0.145. The third-order valence-electron chi connectivity index (χ3n) is 3.19. The molecule has 0 radical (unpaired) electrons. The molecule has 0 aliphatic carbocycles. The van der Waals surface area contributed by atoms with Crippen molar-refractivity contribution in [3.05, 3.63) is 76.3 Å². The first-order valence-corrected chi connectivity index (χ1v) is 6.82. The van der Waals surface area contributed by atoms with E-state index < -0.39 is 0 Å². The van der Waals surface area contributed by atoms with Gasteiger partial charge in [0.2, 0.25) is 0 Å². The second-order valence-corrected chi connectivity index (χ2v) is 4.68. The van der Waals surface area contributed by atoms with E-state index in [4.69, 9.17) is 4.74 Å². The summed E-state index contributed by atoms with van der Waals surface area (Å²) in [5, 5.41) is 3.02. The van der Waals surface area contributed by atoms with Crippen LogP contribution in [-0.2, 0) is 0 Å². The van der Waals surface area contributed by atoms with E-state index in [1.54, 1.807) is 19.4 Å². The second kappa shape index (κ2) is 6.13. The molecule has 5 nitrogen and oxygen atoms in total. The van der Waals surface area contributed by atoms with E-state index in [0.717, 1.165) is 11.3 Å². The second-order valence-electron chi connectivity index (χ2n) is 4.68. The Morgan fingerprint density at radius 2 is 1.95 bits per heavy atom. The van der Waals surface area contributed by atoms with E-state index in [1.807, 2.05) is 48.6 Å². The molecule has 0 saturated heterocycles. The van der Waals surface area contributed by atoms with Crippen molar-refractivity contribution in [3.63, 3.8) is 0 Å². The van der Waals surface area contributed by atoms with Crippen LogP contribution in [0.15, 0.2) is 59.5 Å². The first kappa shape index (κ1) is 13.9. The summed E-state index contributed by atoms with van der Waals surface area (Å²) in [7, 11) is 1.63. The van der Waals surface area contributed by atoms with Gasteiger partial charge in [-0.25, -0.2) is 9.67 Å². The Hall–Kier alpha value is -3.08. The molecular formula is C17H15N3O2. The Morgan fingerprint density at radius 1 is 1.14 bits per heavy atom. The fourth-order valence-corrected chi connectivity index (χ4v) is 2.06. The summed E-state index contributed by atoms with van der Waals surface area (Å²) in [6.45, 7) is 0. The highest BCUT2D eigenvalue weighted by molar-refractivity contribution is 5.68. The average molecular weight is 293 g/mol. The number of benzene rings is 1. The maximum Gasteiger partial charge on any atom is 0.273 e. The quantitative estimate of drug-likeness (QED) is 0.804. The monoisotopic (exact) mass is 293 g/mol. The van der Waals surface area contributed by atoms with E-state index in [0.29, 0.717) is 11.5 Å². The van der Waals surface area contributed by atoms with Crippen LogP contribution in [0.2, 0.25) is 0 Å². The topological polar surface area (TPSA) is 59.9 Å². The van der Waals surface area contributed by atoms with Gasteiger partial charge in [0.05, 0.1) is 12.8 Å². The summed E-state index contributed by atoms with van der Waals surface area (Å²) < 4.78 is 6.53. The van der Waals surface area contributed by atoms with Crippen molar-refractivity contribution in [2.75, 3.05) is 7.11 Å². The van der Waals surface area contributed by atoms with Gasteiger partial charge >= 0.3 is 0 Å². The molecule has 0 unspecified atom stereocenters. The van der Waals surface area contributed by atoms with Crippen LogP contribution in [0.4, 0.5) is 0 Å². The van der Waals surface area contributed by atoms with Crippen molar-refractivity contribution in [3.8, 4) is 11.6 Å². The molecule has 22 heavy (non-hydrogen) atoms. The van der Waals surface area contributed by atoms with Gasteiger partial charge in [-0.2, -0.15) is 0 Å². The van der Waals surface area contributed by atoms with E-state index >= 15 is 0 Å². The molecule has 0 spiro atoms. The highest BCUT2D eigenvalue weighted by atomic mass is 16.5. The number of H-pyrrole nitrogens is 1.